The van der Waals surface area contributed by atoms with E-state index in [0.29, 0.717) is 0 Å². The Hall–Kier alpha value is -2.51. The number of H-pyrrole nitrogens is 1. The summed E-state index contributed by atoms with van der Waals surface area (Å²) in [4.78, 5) is 25.1. The van der Waals surface area contributed by atoms with Crippen molar-refractivity contribution in [1.82, 2.24) is 4.98 Å². The number of halogens is 3. The second kappa shape index (κ2) is 4.87. The number of pyridine rings is 1. The van der Waals surface area contributed by atoms with Gasteiger partial charge in [-0.3, -0.25) is 4.79 Å². The molecule has 0 saturated heterocycles. The maximum Gasteiger partial charge on any atom is 0.422 e. The van der Waals surface area contributed by atoms with Gasteiger partial charge in [0.25, 0.3) is 0 Å². The molecule has 20 heavy (non-hydrogen) atoms. The summed E-state index contributed by atoms with van der Waals surface area (Å²) in [5.41, 5.74) is -1.26. The number of rotatable bonds is 3. The van der Waals surface area contributed by atoms with Gasteiger partial charge < -0.3 is 14.8 Å². The third-order valence-electron chi connectivity index (χ3n) is 2.50. The Morgan fingerprint density at radius 2 is 2.05 bits per heavy atom. The number of hydrogen-bond donors (Lipinski definition) is 2. The van der Waals surface area contributed by atoms with E-state index in [2.05, 4.69) is 9.72 Å². The largest absolute Gasteiger partial charge is 0.482 e. The number of fused-ring (bicyclic) bond motifs is 1. The van der Waals surface area contributed by atoms with Crippen molar-refractivity contribution in [2.75, 3.05) is 6.61 Å². The lowest BCUT2D eigenvalue weighted by atomic mass is 10.1. The predicted molar refractivity (Wildman–Crippen MR) is 63.1 cm³/mol. The summed E-state index contributed by atoms with van der Waals surface area (Å²) in [6.45, 7) is -1.51. The lowest BCUT2D eigenvalue weighted by molar-refractivity contribution is -0.153. The molecule has 106 valence electrons. The van der Waals surface area contributed by atoms with Crippen LogP contribution in [-0.2, 0) is 0 Å². The van der Waals surface area contributed by atoms with E-state index in [1.165, 1.54) is 18.2 Å². The first kappa shape index (κ1) is 13.9. The summed E-state index contributed by atoms with van der Waals surface area (Å²) >= 11 is 0. The van der Waals surface area contributed by atoms with Crippen LogP contribution in [0.2, 0.25) is 0 Å². The van der Waals surface area contributed by atoms with Crippen molar-refractivity contribution in [2.24, 2.45) is 0 Å². The predicted octanol–water partition coefficient (Wildman–Crippen LogP) is 2.17. The molecule has 1 heterocycles. The number of nitrogens with one attached hydrogen (secondary N) is 1. The molecule has 0 amide bonds. The van der Waals surface area contributed by atoms with Gasteiger partial charge in [0.2, 0.25) is 5.43 Å². The van der Waals surface area contributed by atoms with Crippen molar-refractivity contribution in [3.8, 4) is 5.75 Å². The summed E-state index contributed by atoms with van der Waals surface area (Å²) in [5.74, 6) is -1.59. The number of carboxylic acids is 1. The molecule has 0 aliphatic rings. The first-order valence-electron chi connectivity index (χ1n) is 5.37. The summed E-state index contributed by atoms with van der Waals surface area (Å²) in [7, 11) is 0. The maximum atomic E-state index is 12.1. The van der Waals surface area contributed by atoms with Crippen LogP contribution in [-0.4, -0.2) is 28.8 Å². The molecule has 0 spiro atoms. The van der Waals surface area contributed by atoms with Gasteiger partial charge in [-0.15, -0.1) is 0 Å². The fourth-order valence-electron chi connectivity index (χ4n) is 1.66. The maximum absolute atomic E-state index is 12.1. The fourth-order valence-corrected chi connectivity index (χ4v) is 1.66. The van der Waals surface area contributed by atoms with Crippen molar-refractivity contribution in [1.29, 1.82) is 0 Å². The fraction of sp³-hybridized carbons (Fsp3) is 0.167. The van der Waals surface area contributed by atoms with Crippen LogP contribution in [0.3, 0.4) is 0 Å². The SMILES string of the molecule is O=C(O)c1c[nH]c2c(OCC(F)(F)F)cccc2c1=O. The number of ether oxygens (including phenoxy) is 1. The highest BCUT2D eigenvalue weighted by atomic mass is 19.4. The van der Waals surface area contributed by atoms with E-state index in [9.17, 15) is 22.8 Å². The molecule has 0 aliphatic carbocycles. The van der Waals surface area contributed by atoms with E-state index < -0.39 is 29.7 Å². The number of benzene rings is 1. The molecule has 0 saturated carbocycles. The van der Waals surface area contributed by atoms with Crippen molar-refractivity contribution in [2.45, 2.75) is 6.18 Å². The lowest BCUT2D eigenvalue weighted by Crippen LogP contribution is -2.20. The number of hydrogen-bond acceptors (Lipinski definition) is 3. The van der Waals surface area contributed by atoms with Gasteiger partial charge in [0.15, 0.2) is 6.61 Å². The van der Waals surface area contributed by atoms with Crippen LogP contribution in [0, 0.1) is 0 Å². The number of aromatic nitrogens is 1. The second-order valence-corrected chi connectivity index (χ2v) is 3.92. The minimum Gasteiger partial charge on any atom is -0.482 e. The minimum atomic E-state index is -4.51. The summed E-state index contributed by atoms with van der Waals surface area (Å²) in [6, 6.07) is 3.88. The second-order valence-electron chi connectivity index (χ2n) is 3.92. The van der Waals surface area contributed by atoms with Crippen LogP contribution >= 0.6 is 0 Å². The Kier molecular flexibility index (Phi) is 3.39. The van der Waals surface area contributed by atoms with Crippen LogP contribution in [0.1, 0.15) is 10.4 Å². The zero-order valence-corrected chi connectivity index (χ0v) is 9.82. The molecule has 0 fully saturated rings. The van der Waals surface area contributed by atoms with E-state index >= 15 is 0 Å². The molecule has 2 N–H and O–H groups in total. The van der Waals surface area contributed by atoms with E-state index in [1.807, 2.05) is 0 Å². The van der Waals surface area contributed by atoms with Gasteiger partial charge in [0.05, 0.1) is 10.9 Å². The molecular formula is C12H8F3NO4. The van der Waals surface area contributed by atoms with Gasteiger partial charge in [-0.05, 0) is 12.1 Å². The molecule has 2 aromatic rings. The first-order valence-corrected chi connectivity index (χ1v) is 5.37. The van der Waals surface area contributed by atoms with Crippen LogP contribution in [0.25, 0.3) is 10.9 Å². The number of aromatic carboxylic acids is 1. The number of aromatic amines is 1. The van der Waals surface area contributed by atoms with Gasteiger partial charge in [0.1, 0.15) is 11.3 Å². The van der Waals surface area contributed by atoms with E-state index in [1.54, 1.807) is 0 Å². The van der Waals surface area contributed by atoms with Crippen molar-refractivity contribution in [3.63, 3.8) is 0 Å². The Morgan fingerprint density at radius 1 is 1.35 bits per heavy atom. The number of alkyl halides is 3. The number of carbonyl (C=O) groups is 1. The third kappa shape index (κ3) is 2.73. The standard InChI is InChI=1S/C12H8F3NO4/c13-12(14,15)5-20-8-3-1-2-6-9(8)16-4-7(10(6)17)11(18)19/h1-4H,5H2,(H,16,17)(H,18,19). The minimum absolute atomic E-state index is 0.0201. The summed E-state index contributed by atoms with van der Waals surface area (Å²) in [6.07, 6.45) is -3.59. The average molecular weight is 287 g/mol. The Morgan fingerprint density at radius 3 is 2.65 bits per heavy atom. The van der Waals surface area contributed by atoms with Crippen molar-refractivity contribution >= 4 is 16.9 Å². The molecule has 0 unspecified atom stereocenters. The third-order valence-corrected chi connectivity index (χ3v) is 2.50. The highest BCUT2D eigenvalue weighted by Crippen LogP contribution is 2.24. The molecule has 1 aromatic heterocycles. The monoisotopic (exact) mass is 287 g/mol. The van der Waals surface area contributed by atoms with Gasteiger partial charge in [-0.25, -0.2) is 4.79 Å². The lowest BCUT2D eigenvalue weighted by Gasteiger charge is -2.11. The topological polar surface area (TPSA) is 79.4 Å². The van der Waals surface area contributed by atoms with Crippen LogP contribution in [0.15, 0.2) is 29.2 Å². The van der Waals surface area contributed by atoms with Gasteiger partial charge in [-0.1, -0.05) is 6.07 Å². The van der Waals surface area contributed by atoms with Crippen LogP contribution < -0.4 is 10.2 Å². The van der Waals surface area contributed by atoms with E-state index in [4.69, 9.17) is 5.11 Å². The number of para-hydroxylation sites is 1. The van der Waals surface area contributed by atoms with E-state index in [0.717, 1.165) is 6.20 Å². The smallest absolute Gasteiger partial charge is 0.422 e. The first-order chi connectivity index (χ1) is 9.29. The summed E-state index contributed by atoms with van der Waals surface area (Å²) in [5, 5.41) is 8.75. The molecule has 1 aromatic carbocycles. The van der Waals surface area contributed by atoms with Gasteiger partial charge in [0, 0.05) is 6.20 Å². The highest BCUT2D eigenvalue weighted by molar-refractivity contribution is 5.93. The average Bonchev–Trinajstić information content (AvgIpc) is 2.35. The van der Waals surface area contributed by atoms with Gasteiger partial charge >= 0.3 is 12.1 Å². The van der Waals surface area contributed by atoms with E-state index in [-0.39, 0.29) is 16.7 Å². The van der Waals surface area contributed by atoms with Gasteiger partial charge in [-0.2, -0.15) is 13.2 Å². The molecule has 5 nitrogen and oxygen atoms in total. The highest BCUT2D eigenvalue weighted by Gasteiger charge is 2.28. The number of carboxylic acid groups (broad SMARTS) is 1. The molecule has 2 rings (SSSR count). The summed E-state index contributed by atoms with van der Waals surface area (Å²) < 4.78 is 40.9. The van der Waals surface area contributed by atoms with Crippen LogP contribution in [0.5, 0.6) is 5.75 Å². The normalized spacial score (nSPS) is 11.6. The Bertz CT molecular complexity index is 721. The Balaban J connectivity index is 2.52. The molecule has 0 bridgehead atoms. The molecule has 8 heteroatoms. The van der Waals surface area contributed by atoms with Crippen molar-refractivity contribution in [3.05, 3.63) is 40.2 Å². The molecule has 0 radical (unpaired) electrons. The molecule has 0 atom stereocenters. The zero-order chi connectivity index (χ0) is 14.9. The van der Waals surface area contributed by atoms with Crippen molar-refractivity contribution < 1.29 is 27.8 Å². The molecular weight excluding hydrogens is 279 g/mol. The van der Waals surface area contributed by atoms with Crippen LogP contribution in [0.4, 0.5) is 13.2 Å². The quantitative estimate of drug-likeness (QED) is 0.906. The Labute approximate surface area is 109 Å². The molecule has 0 aliphatic heterocycles. The zero-order valence-electron chi connectivity index (χ0n) is 9.82.